The Hall–Kier alpha value is -2.65. The second-order valence-electron chi connectivity index (χ2n) is 6.17. The summed E-state index contributed by atoms with van der Waals surface area (Å²) in [5, 5.41) is 21.0. The first-order valence-corrected chi connectivity index (χ1v) is 8.87. The lowest BCUT2D eigenvalue weighted by molar-refractivity contribution is 0.708. The summed E-state index contributed by atoms with van der Waals surface area (Å²) < 4.78 is 0. The number of pyridine rings is 1. The molecule has 3 aromatic rings. The van der Waals surface area contributed by atoms with E-state index >= 15 is 0 Å². The Bertz CT molecular complexity index is 839. The number of hydrogen-bond donors (Lipinski definition) is 3. The number of nitrogens with one attached hydrogen (secondary N) is 3. The fourth-order valence-electron chi connectivity index (χ4n) is 3.06. The lowest BCUT2D eigenvalue weighted by Gasteiger charge is -2.14. The lowest BCUT2D eigenvalue weighted by Crippen LogP contribution is -2.16. The summed E-state index contributed by atoms with van der Waals surface area (Å²) in [6, 6.07) is 3.88. The molecule has 0 aromatic carbocycles. The van der Waals surface area contributed by atoms with Gasteiger partial charge in [-0.05, 0) is 31.5 Å². The Labute approximate surface area is 163 Å². The Morgan fingerprint density at radius 2 is 1.93 bits per heavy atom. The highest BCUT2D eigenvalue weighted by Gasteiger charge is 2.17. The third-order valence-corrected chi connectivity index (χ3v) is 4.38. The van der Waals surface area contributed by atoms with Gasteiger partial charge >= 0.3 is 0 Å². The van der Waals surface area contributed by atoms with Crippen LogP contribution in [0.5, 0.6) is 0 Å². The van der Waals surface area contributed by atoms with Crippen molar-refractivity contribution in [3.8, 4) is 11.4 Å². The molecule has 0 unspecified atom stereocenters. The summed E-state index contributed by atoms with van der Waals surface area (Å²) >= 11 is 0. The summed E-state index contributed by atoms with van der Waals surface area (Å²) in [7, 11) is 0. The van der Waals surface area contributed by atoms with Crippen LogP contribution in [0.2, 0.25) is 0 Å². The van der Waals surface area contributed by atoms with E-state index in [1.165, 1.54) is 5.56 Å². The molecule has 0 saturated carbocycles. The van der Waals surface area contributed by atoms with Crippen LogP contribution in [-0.4, -0.2) is 55.2 Å². The van der Waals surface area contributed by atoms with E-state index in [-0.39, 0.29) is 12.4 Å². The van der Waals surface area contributed by atoms with Gasteiger partial charge < -0.3 is 10.6 Å². The summed E-state index contributed by atoms with van der Waals surface area (Å²) in [5.41, 5.74) is 3.32. The molecule has 0 spiro atoms. The molecule has 0 bridgehead atoms. The summed E-state index contributed by atoms with van der Waals surface area (Å²) in [6.07, 6.45) is 7.05. The van der Waals surface area contributed by atoms with Crippen LogP contribution in [0.1, 0.15) is 23.5 Å². The van der Waals surface area contributed by atoms with Crippen molar-refractivity contribution >= 4 is 18.2 Å². The molecule has 0 radical (unpaired) electrons. The number of rotatable bonds is 6. The van der Waals surface area contributed by atoms with Gasteiger partial charge in [0.25, 0.3) is 0 Å². The van der Waals surface area contributed by atoms with Crippen molar-refractivity contribution in [3.63, 3.8) is 0 Å². The number of hydrogen-bond acceptors (Lipinski definition) is 8. The van der Waals surface area contributed by atoms with Gasteiger partial charge in [0.1, 0.15) is 5.82 Å². The fraction of sp³-hybridized carbons (Fsp3) is 0.412. The second-order valence-corrected chi connectivity index (χ2v) is 6.17. The molecular formula is C17H22ClN9. The summed E-state index contributed by atoms with van der Waals surface area (Å²) in [6.45, 7) is 2.68. The number of halogens is 1. The first-order valence-electron chi connectivity index (χ1n) is 8.87. The Morgan fingerprint density at radius 3 is 2.74 bits per heavy atom. The number of tetrazole rings is 1. The van der Waals surface area contributed by atoms with Crippen molar-refractivity contribution in [2.75, 3.05) is 25.0 Å². The second kappa shape index (κ2) is 9.33. The molecule has 0 fully saturated rings. The molecule has 0 aliphatic carbocycles. The first-order chi connectivity index (χ1) is 12.9. The number of aromatic amines is 1. The van der Waals surface area contributed by atoms with E-state index in [1.807, 2.05) is 12.1 Å². The maximum absolute atomic E-state index is 4.82. The minimum atomic E-state index is 0. The van der Waals surface area contributed by atoms with Gasteiger partial charge in [0.2, 0.25) is 0 Å². The number of aromatic nitrogens is 7. The van der Waals surface area contributed by atoms with Gasteiger partial charge in [0.15, 0.2) is 11.6 Å². The molecule has 9 nitrogen and oxygen atoms in total. The van der Waals surface area contributed by atoms with E-state index in [0.717, 1.165) is 74.0 Å². The van der Waals surface area contributed by atoms with Crippen molar-refractivity contribution in [3.05, 3.63) is 41.6 Å². The van der Waals surface area contributed by atoms with Gasteiger partial charge in [-0.1, -0.05) is 5.21 Å². The molecule has 27 heavy (non-hydrogen) atoms. The van der Waals surface area contributed by atoms with Crippen LogP contribution < -0.4 is 10.6 Å². The van der Waals surface area contributed by atoms with E-state index in [2.05, 4.69) is 36.2 Å². The SMILES string of the molecule is Cl.c1cc(-c2nc3c(c(NCCCc4nn[nH]n4)n2)CCNCC3)ccn1. The number of anilines is 1. The monoisotopic (exact) mass is 387 g/mol. The molecule has 4 heterocycles. The third-order valence-electron chi connectivity index (χ3n) is 4.38. The normalized spacial score (nSPS) is 13.3. The van der Waals surface area contributed by atoms with Gasteiger partial charge in [-0.2, -0.15) is 5.21 Å². The zero-order valence-corrected chi connectivity index (χ0v) is 15.7. The highest BCUT2D eigenvalue weighted by molar-refractivity contribution is 5.85. The number of aryl methyl sites for hydroxylation is 1. The van der Waals surface area contributed by atoms with Crippen LogP contribution >= 0.6 is 12.4 Å². The van der Waals surface area contributed by atoms with Gasteiger partial charge in [0, 0.05) is 49.5 Å². The molecule has 3 aromatic heterocycles. The Kier molecular flexibility index (Phi) is 6.61. The van der Waals surface area contributed by atoms with Crippen LogP contribution in [0.25, 0.3) is 11.4 Å². The molecule has 0 amide bonds. The smallest absolute Gasteiger partial charge is 0.174 e. The van der Waals surface area contributed by atoms with Crippen LogP contribution in [0, 0.1) is 0 Å². The van der Waals surface area contributed by atoms with Crippen LogP contribution in [0.4, 0.5) is 5.82 Å². The van der Waals surface area contributed by atoms with Gasteiger partial charge in [0.05, 0.1) is 5.69 Å². The van der Waals surface area contributed by atoms with Gasteiger partial charge in [-0.3, -0.25) is 4.98 Å². The van der Waals surface area contributed by atoms with Crippen molar-refractivity contribution in [1.82, 2.24) is 40.9 Å². The Morgan fingerprint density at radius 1 is 1.07 bits per heavy atom. The highest BCUT2D eigenvalue weighted by Crippen LogP contribution is 2.24. The average molecular weight is 388 g/mol. The van der Waals surface area contributed by atoms with E-state index in [0.29, 0.717) is 0 Å². The van der Waals surface area contributed by atoms with Crippen LogP contribution in [-0.2, 0) is 19.3 Å². The summed E-state index contributed by atoms with van der Waals surface area (Å²) in [5.74, 6) is 2.40. The fourth-order valence-corrected chi connectivity index (χ4v) is 3.06. The van der Waals surface area contributed by atoms with Crippen molar-refractivity contribution in [2.45, 2.75) is 25.7 Å². The zero-order valence-electron chi connectivity index (χ0n) is 14.9. The van der Waals surface area contributed by atoms with E-state index in [9.17, 15) is 0 Å². The number of nitrogens with zero attached hydrogens (tertiary/aromatic N) is 6. The van der Waals surface area contributed by atoms with E-state index in [4.69, 9.17) is 9.97 Å². The standard InChI is InChI=1S/C17H21N9.ClH/c1(2-15-23-25-26-24-15)7-20-17-13-5-10-19-11-6-14(13)21-16(22-17)12-3-8-18-9-4-12;/h3-4,8-9,19H,1-2,5-7,10-11H2,(H,20,21,22)(H,23,24,25,26);1H. The molecule has 1 aliphatic heterocycles. The molecule has 0 saturated heterocycles. The minimum Gasteiger partial charge on any atom is -0.370 e. The molecule has 1 aliphatic rings. The first kappa shape index (κ1) is 19.1. The molecule has 142 valence electrons. The molecule has 10 heteroatoms. The van der Waals surface area contributed by atoms with E-state index in [1.54, 1.807) is 12.4 Å². The van der Waals surface area contributed by atoms with Gasteiger partial charge in [-0.15, -0.1) is 22.6 Å². The predicted octanol–water partition coefficient (Wildman–Crippen LogP) is 1.21. The third kappa shape index (κ3) is 4.75. The number of fused-ring (bicyclic) bond motifs is 1. The maximum Gasteiger partial charge on any atom is 0.174 e. The molecule has 4 rings (SSSR count). The summed E-state index contributed by atoms with van der Waals surface area (Å²) in [4.78, 5) is 13.7. The zero-order chi connectivity index (χ0) is 17.6. The Balaban J connectivity index is 0.00000210. The topological polar surface area (TPSA) is 117 Å². The van der Waals surface area contributed by atoms with Crippen molar-refractivity contribution in [1.29, 1.82) is 0 Å². The van der Waals surface area contributed by atoms with Gasteiger partial charge in [-0.25, -0.2) is 9.97 Å². The number of H-pyrrole nitrogens is 1. The van der Waals surface area contributed by atoms with Crippen LogP contribution in [0.15, 0.2) is 24.5 Å². The van der Waals surface area contributed by atoms with Crippen LogP contribution in [0.3, 0.4) is 0 Å². The minimum absolute atomic E-state index is 0. The molecule has 3 N–H and O–H groups in total. The quantitative estimate of drug-likeness (QED) is 0.540. The highest BCUT2D eigenvalue weighted by atomic mass is 35.5. The average Bonchev–Trinajstić information content (AvgIpc) is 3.09. The van der Waals surface area contributed by atoms with Crippen molar-refractivity contribution in [2.24, 2.45) is 0 Å². The largest absolute Gasteiger partial charge is 0.370 e. The lowest BCUT2D eigenvalue weighted by atomic mass is 10.1. The predicted molar refractivity (Wildman–Crippen MR) is 104 cm³/mol. The molecular weight excluding hydrogens is 366 g/mol. The van der Waals surface area contributed by atoms with E-state index < -0.39 is 0 Å². The maximum atomic E-state index is 4.82. The molecule has 0 atom stereocenters. The van der Waals surface area contributed by atoms with Crippen molar-refractivity contribution < 1.29 is 0 Å².